The third kappa shape index (κ3) is 3.90. The third-order valence-electron chi connectivity index (χ3n) is 2.76. The highest BCUT2D eigenvalue weighted by Gasteiger charge is 2.09. The van der Waals surface area contributed by atoms with Gasteiger partial charge in [0, 0.05) is 5.02 Å². The van der Waals surface area contributed by atoms with E-state index in [1.54, 1.807) is 18.2 Å². The Morgan fingerprint density at radius 3 is 2.68 bits per heavy atom. The Bertz CT molecular complexity index is 733. The molecule has 0 saturated heterocycles. The number of methoxy groups -OCH3 is 1. The van der Waals surface area contributed by atoms with Gasteiger partial charge in [-0.05, 0) is 42.0 Å². The van der Waals surface area contributed by atoms with Crippen LogP contribution in [-0.4, -0.2) is 24.3 Å². The van der Waals surface area contributed by atoms with Gasteiger partial charge < -0.3 is 9.84 Å². The molecule has 0 aliphatic carbocycles. The maximum absolute atomic E-state index is 11.9. The molecule has 0 saturated carbocycles. The number of hydrazone groups is 1. The summed E-state index contributed by atoms with van der Waals surface area (Å²) in [6.45, 7) is 0. The molecule has 0 bridgehead atoms. The molecule has 0 aliphatic heterocycles. The smallest absolute Gasteiger partial charge is 0.272 e. The molecule has 22 heavy (non-hydrogen) atoms. The van der Waals surface area contributed by atoms with Gasteiger partial charge >= 0.3 is 0 Å². The van der Waals surface area contributed by atoms with Crippen LogP contribution in [0.5, 0.6) is 11.5 Å². The van der Waals surface area contributed by atoms with Gasteiger partial charge in [-0.1, -0.05) is 23.2 Å². The monoisotopic (exact) mass is 338 g/mol. The summed E-state index contributed by atoms with van der Waals surface area (Å²) in [5.41, 5.74) is 3.21. The zero-order valence-electron chi connectivity index (χ0n) is 11.5. The maximum atomic E-state index is 11.9. The largest absolute Gasteiger partial charge is 0.504 e. The van der Waals surface area contributed by atoms with E-state index in [0.717, 1.165) is 0 Å². The van der Waals surface area contributed by atoms with E-state index in [0.29, 0.717) is 16.3 Å². The Labute approximate surface area is 137 Å². The standard InChI is InChI=1S/C15H12Cl2N2O3/c1-22-14-5-2-9(6-13(14)20)8-18-19-15(21)11-4-3-10(16)7-12(11)17/h2-8,20H,1H3,(H,19,21)/b18-8-. The molecule has 0 radical (unpaired) electrons. The van der Waals surface area contributed by atoms with Crippen LogP contribution >= 0.6 is 23.2 Å². The lowest BCUT2D eigenvalue weighted by Crippen LogP contribution is -2.18. The minimum Gasteiger partial charge on any atom is -0.504 e. The summed E-state index contributed by atoms with van der Waals surface area (Å²) in [4.78, 5) is 11.9. The van der Waals surface area contributed by atoms with E-state index in [1.165, 1.54) is 31.5 Å². The Hall–Kier alpha value is -2.24. The predicted molar refractivity (Wildman–Crippen MR) is 86.2 cm³/mol. The lowest BCUT2D eigenvalue weighted by molar-refractivity contribution is 0.0955. The van der Waals surface area contributed by atoms with Crippen molar-refractivity contribution >= 4 is 35.3 Å². The highest BCUT2D eigenvalue weighted by Crippen LogP contribution is 2.25. The Balaban J connectivity index is 2.05. The highest BCUT2D eigenvalue weighted by atomic mass is 35.5. The number of nitrogens with zero attached hydrogens (tertiary/aromatic N) is 1. The van der Waals surface area contributed by atoms with Crippen LogP contribution < -0.4 is 10.2 Å². The Morgan fingerprint density at radius 1 is 1.27 bits per heavy atom. The molecule has 2 N–H and O–H groups in total. The van der Waals surface area contributed by atoms with Crippen molar-refractivity contribution in [1.29, 1.82) is 0 Å². The number of hydrogen-bond donors (Lipinski definition) is 2. The van der Waals surface area contributed by atoms with Crippen LogP contribution in [0.2, 0.25) is 10.0 Å². The predicted octanol–water partition coefficient (Wildman–Crippen LogP) is 3.47. The van der Waals surface area contributed by atoms with Crippen molar-refractivity contribution in [3.05, 3.63) is 57.6 Å². The molecule has 0 heterocycles. The van der Waals surface area contributed by atoms with Crippen molar-refractivity contribution in [2.45, 2.75) is 0 Å². The van der Waals surface area contributed by atoms with E-state index >= 15 is 0 Å². The maximum Gasteiger partial charge on any atom is 0.272 e. The van der Waals surface area contributed by atoms with Gasteiger partial charge in [0.2, 0.25) is 0 Å². The fourth-order valence-corrected chi connectivity index (χ4v) is 2.18. The van der Waals surface area contributed by atoms with Crippen LogP contribution in [0.15, 0.2) is 41.5 Å². The summed E-state index contributed by atoms with van der Waals surface area (Å²) in [6, 6.07) is 9.29. The number of benzene rings is 2. The molecular formula is C15H12Cl2N2O3. The minimum absolute atomic E-state index is 0.0153. The van der Waals surface area contributed by atoms with Crippen LogP contribution in [0.25, 0.3) is 0 Å². The van der Waals surface area contributed by atoms with E-state index in [9.17, 15) is 9.90 Å². The molecule has 0 fully saturated rings. The molecule has 0 atom stereocenters. The molecule has 5 nitrogen and oxygen atoms in total. The first-order valence-electron chi connectivity index (χ1n) is 6.16. The van der Waals surface area contributed by atoms with Crippen LogP contribution in [0, 0.1) is 0 Å². The second-order valence-electron chi connectivity index (χ2n) is 4.25. The van der Waals surface area contributed by atoms with Crippen LogP contribution in [0.3, 0.4) is 0 Å². The lowest BCUT2D eigenvalue weighted by Gasteiger charge is -2.04. The number of carbonyl (C=O) groups is 1. The molecular weight excluding hydrogens is 327 g/mol. The van der Waals surface area contributed by atoms with Crippen molar-refractivity contribution in [2.24, 2.45) is 5.10 Å². The zero-order valence-corrected chi connectivity index (χ0v) is 13.0. The molecule has 2 aromatic carbocycles. The van der Waals surface area contributed by atoms with Gasteiger partial charge in [-0.2, -0.15) is 5.10 Å². The van der Waals surface area contributed by atoms with Gasteiger partial charge in [0.05, 0.1) is 23.9 Å². The quantitative estimate of drug-likeness (QED) is 0.662. The van der Waals surface area contributed by atoms with E-state index in [2.05, 4.69) is 10.5 Å². The fourth-order valence-electron chi connectivity index (χ4n) is 1.69. The van der Waals surface area contributed by atoms with Crippen molar-refractivity contribution in [3.63, 3.8) is 0 Å². The molecule has 0 aliphatic rings. The number of ether oxygens (including phenoxy) is 1. The van der Waals surface area contributed by atoms with Gasteiger partial charge in [0.1, 0.15) is 0 Å². The summed E-state index contributed by atoms with van der Waals surface area (Å²) >= 11 is 11.7. The molecule has 2 aromatic rings. The highest BCUT2D eigenvalue weighted by molar-refractivity contribution is 6.36. The summed E-state index contributed by atoms with van der Waals surface area (Å²) in [5.74, 6) is -0.122. The summed E-state index contributed by atoms with van der Waals surface area (Å²) in [7, 11) is 1.46. The molecule has 2 rings (SSSR count). The van der Waals surface area contributed by atoms with Crippen LogP contribution in [-0.2, 0) is 0 Å². The molecule has 0 spiro atoms. The number of phenols is 1. The number of nitrogens with one attached hydrogen (secondary N) is 1. The molecule has 1 amide bonds. The van der Waals surface area contributed by atoms with E-state index < -0.39 is 5.91 Å². The van der Waals surface area contributed by atoms with Crippen molar-refractivity contribution in [2.75, 3.05) is 7.11 Å². The number of hydrogen-bond acceptors (Lipinski definition) is 4. The SMILES string of the molecule is COc1ccc(/C=N\NC(=O)c2ccc(Cl)cc2Cl)cc1O. The first-order chi connectivity index (χ1) is 10.5. The Morgan fingerprint density at radius 2 is 2.05 bits per heavy atom. The molecule has 0 unspecified atom stereocenters. The second-order valence-corrected chi connectivity index (χ2v) is 5.10. The van der Waals surface area contributed by atoms with E-state index in [1.807, 2.05) is 0 Å². The van der Waals surface area contributed by atoms with Gasteiger partial charge in [-0.15, -0.1) is 0 Å². The number of phenolic OH excluding ortho intramolecular Hbond substituents is 1. The van der Waals surface area contributed by atoms with Crippen molar-refractivity contribution < 1.29 is 14.6 Å². The first kappa shape index (κ1) is 16.1. The van der Waals surface area contributed by atoms with Crippen LogP contribution in [0.1, 0.15) is 15.9 Å². The van der Waals surface area contributed by atoms with Gasteiger partial charge in [-0.3, -0.25) is 4.79 Å². The van der Waals surface area contributed by atoms with Crippen molar-refractivity contribution in [1.82, 2.24) is 5.43 Å². The number of carbonyl (C=O) groups excluding carboxylic acids is 1. The van der Waals surface area contributed by atoms with Gasteiger partial charge in [0.15, 0.2) is 11.5 Å². The van der Waals surface area contributed by atoms with Crippen molar-refractivity contribution in [3.8, 4) is 11.5 Å². The topological polar surface area (TPSA) is 70.9 Å². The molecule has 7 heteroatoms. The number of amides is 1. The third-order valence-corrected chi connectivity index (χ3v) is 3.31. The van der Waals surface area contributed by atoms with Gasteiger partial charge in [0.25, 0.3) is 5.91 Å². The summed E-state index contributed by atoms with van der Waals surface area (Å²) in [5, 5.41) is 14.1. The fraction of sp³-hybridized carbons (Fsp3) is 0.0667. The number of rotatable bonds is 4. The Kier molecular flexibility index (Phi) is 5.25. The summed E-state index contributed by atoms with van der Waals surface area (Å²) in [6.07, 6.45) is 1.39. The first-order valence-corrected chi connectivity index (χ1v) is 6.92. The zero-order chi connectivity index (χ0) is 16.1. The molecule has 114 valence electrons. The van der Waals surface area contributed by atoms with Crippen LogP contribution in [0.4, 0.5) is 0 Å². The normalized spacial score (nSPS) is 10.7. The minimum atomic E-state index is -0.462. The van der Waals surface area contributed by atoms with E-state index in [4.69, 9.17) is 27.9 Å². The average molecular weight is 339 g/mol. The number of halogens is 2. The summed E-state index contributed by atoms with van der Waals surface area (Å²) < 4.78 is 4.93. The average Bonchev–Trinajstić information content (AvgIpc) is 2.47. The van der Waals surface area contributed by atoms with Gasteiger partial charge in [-0.25, -0.2) is 5.43 Å². The van der Waals surface area contributed by atoms with E-state index in [-0.39, 0.29) is 16.3 Å². The second kappa shape index (κ2) is 7.15. The number of aromatic hydroxyl groups is 1. The molecule has 0 aromatic heterocycles. The lowest BCUT2D eigenvalue weighted by atomic mass is 10.2.